The number of fused-ring (bicyclic) bond motifs is 1. The van der Waals surface area contributed by atoms with Crippen LogP contribution in [0, 0.1) is 6.92 Å². The van der Waals surface area contributed by atoms with Crippen molar-refractivity contribution in [3.8, 4) is 5.75 Å². The molecule has 1 N–H and O–H groups in total. The summed E-state index contributed by atoms with van der Waals surface area (Å²) in [5.41, 5.74) is 2.36. The standard InChI is InChI=1S/C26H24N2O6/c1-15-12-22(29)34-21-13-18(10-11-19(15)21)33-14-20-23(25(30)32-2)24(16-6-4-3-5-7-16)27-26(31)28(20)17-8-9-17/h3-7,10-13,17,24H,8-9,14H2,1-2H3,(H,27,31). The van der Waals surface area contributed by atoms with E-state index >= 15 is 0 Å². The lowest BCUT2D eigenvalue weighted by Crippen LogP contribution is -2.50. The molecule has 2 amide bonds. The maximum absolute atomic E-state index is 13.1. The zero-order chi connectivity index (χ0) is 23.8. The first kappa shape index (κ1) is 21.8. The lowest BCUT2D eigenvalue weighted by Gasteiger charge is -2.36. The summed E-state index contributed by atoms with van der Waals surface area (Å²) < 4.78 is 16.5. The number of esters is 1. The number of benzene rings is 2. The average molecular weight is 460 g/mol. The molecule has 1 fully saturated rings. The number of ether oxygens (including phenoxy) is 2. The van der Waals surface area contributed by atoms with Crippen molar-refractivity contribution in [1.82, 2.24) is 10.2 Å². The maximum Gasteiger partial charge on any atom is 0.338 e. The van der Waals surface area contributed by atoms with Crippen LogP contribution in [-0.4, -0.2) is 36.7 Å². The fourth-order valence-corrected chi connectivity index (χ4v) is 4.34. The van der Waals surface area contributed by atoms with E-state index in [9.17, 15) is 14.4 Å². The SMILES string of the molecule is COC(=O)C1=C(COc2ccc3c(C)cc(=O)oc3c2)N(C2CC2)C(=O)NC1c1ccccc1. The van der Waals surface area contributed by atoms with Gasteiger partial charge < -0.3 is 19.2 Å². The third-order valence-corrected chi connectivity index (χ3v) is 6.13. The number of aryl methyl sites for hydroxylation is 1. The van der Waals surface area contributed by atoms with Crippen LogP contribution in [0.25, 0.3) is 11.0 Å². The van der Waals surface area contributed by atoms with Crippen LogP contribution in [-0.2, 0) is 9.53 Å². The number of hydrogen-bond donors (Lipinski definition) is 1. The van der Waals surface area contributed by atoms with Gasteiger partial charge in [0.2, 0.25) is 0 Å². The van der Waals surface area contributed by atoms with E-state index in [1.807, 2.05) is 43.3 Å². The topological polar surface area (TPSA) is 98.1 Å². The van der Waals surface area contributed by atoms with Gasteiger partial charge in [-0.15, -0.1) is 0 Å². The Morgan fingerprint density at radius 1 is 1.12 bits per heavy atom. The molecule has 3 aromatic rings. The van der Waals surface area contributed by atoms with Crippen LogP contribution in [0.1, 0.15) is 30.0 Å². The quantitative estimate of drug-likeness (QED) is 0.443. The number of urea groups is 1. The summed E-state index contributed by atoms with van der Waals surface area (Å²) in [4.78, 5) is 39.5. The fraction of sp³-hybridized carbons (Fsp3) is 0.269. The number of carbonyl (C=O) groups is 2. The number of nitrogens with zero attached hydrogens (tertiary/aromatic N) is 1. The van der Waals surface area contributed by atoms with Gasteiger partial charge in [-0.25, -0.2) is 14.4 Å². The predicted molar refractivity (Wildman–Crippen MR) is 124 cm³/mol. The summed E-state index contributed by atoms with van der Waals surface area (Å²) in [5, 5.41) is 3.76. The molecule has 8 heteroatoms. The summed E-state index contributed by atoms with van der Waals surface area (Å²) >= 11 is 0. The van der Waals surface area contributed by atoms with Crippen LogP contribution in [0.15, 0.2) is 75.1 Å². The van der Waals surface area contributed by atoms with Gasteiger partial charge >= 0.3 is 17.6 Å². The average Bonchev–Trinajstić information content (AvgIpc) is 3.67. The van der Waals surface area contributed by atoms with E-state index in [1.165, 1.54) is 13.2 Å². The molecule has 0 spiro atoms. The maximum atomic E-state index is 13.1. The lowest BCUT2D eigenvalue weighted by molar-refractivity contribution is -0.136. The van der Waals surface area contributed by atoms with Crippen molar-refractivity contribution < 1.29 is 23.5 Å². The molecule has 0 radical (unpaired) electrons. The molecule has 2 heterocycles. The highest BCUT2D eigenvalue weighted by atomic mass is 16.5. The molecule has 1 aromatic heterocycles. The lowest BCUT2D eigenvalue weighted by atomic mass is 9.94. The largest absolute Gasteiger partial charge is 0.487 e. The zero-order valence-corrected chi connectivity index (χ0v) is 18.9. The molecule has 174 valence electrons. The molecule has 1 aliphatic carbocycles. The van der Waals surface area contributed by atoms with E-state index in [-0.39, 0.29) is 18.7 Å². The second-order valence-electron chi connectivity index (χ2n) is 8.44. The second kappa shape index (κ2) is 8.70. The first-order valence-corrected chi connectivity index (χ1v) is 11.1. The van der Waals surface area contributed by atoms with Gasteiger partial charge in [-0.3, -0.25) is 4.90 Å². The van der Waals surface area contributed by atoms with Crippen molar-refractivity contribution in [2.45, 2.75) is 31.8 Å². The van der Waals surface area contributed by atoms with Crippen molar-refractivity contribution in [2.75, 3.05) is 13.7 Å². The molecule has 8 nitrogen and oxygen atoms in total. The molecule has 5 rings (SSSR count). The number of carbonyl (C=O) groups excluding carboxylic acids is 2. The summed E-state index contributed by atoms with van der Waals surface area (Å²) in [5.74, 6) is -0.0748. The van der Waals surface area contributed by atoms with Crippen molar-refractivity contribution >= 4 is 23.0 Å². The Balaban J connectivity index is 1.55. The number of amides is 2. The van der Waals surface area contributed by atoms with Crippen molar-refractivity contribution in [2.24, 2.45) is 0 Å². The molecule has 0 bridgehead atoms. The molecule has 2 aliphatic rings. The van der Waals surface area contributed by atoms with Crippen LogP contribution in [0.3, 0.4) is 0 Å². The molecule has 1 atom stereocenters. The molecule has 1 aliphatic heterocycles. The molecule has 1 unspecified atom stereocenters. The fourth-order valence-electron chi connectivity index (χ4n) is 4.34. The number of methoxy groups -OCH3 is 1. The zero-order valence-electron chi connectivity index (χ0n) is 18.9. The van der Waals surface area contributed by atoms with Gasteiger partial charge in [-0.2, -0.15) is 0 Å². The van der Waals surface area contributed by atoms with Crippen molar-refractivity contribution in [3.63, 3.8) is 0 Å². The number of hydrogen-bond acceptors (Lipinski definition) is 6. The highest BCUT2D eigenvalue weighted by molar-refractivity contribution is 5.95. The monoisotopic (exact) mass is 460 g/mol. The number of rotatable bonds is 6. The van der Waals surface area contributed by atoms with Gasteiger partial charge in [0.25, 0.3) is 0 Å². The smallest absolute Gasteiger partial charge is 0.338 e. The van der Waals surface area contributed by atoms with Crippen molar-refractivity contribution in [1.29, 1.82) is 0 Å². The Morgan fingerprint density at radius 3 is 2.59 bits per heavy atom. The van der Waals surface area contributed by atoms with E-state index < -0.39 is 17.6 Å². The Hall–Kier alpha value is -4.07. The molecule has 34 heavy (non-hydrogen) atoms. The Labute approximate surface area is 195 Å². The van der Waals surface area contributed by atoms with Gasteiger partial charge in [0.05, 0.1) is 24.4 Å². The Bertz CT molecular complexity index is 1360. The Kier molecular flexibility index (Phi) is 5.57. The minimum atomic E-state index is -0.660. The van der Waals surface area contributed by atoms with E-state index in [0.717, 1.165) is 29.4 Å². The molecule has 2 aromatic carbocycles. The van der Waals surface area contributed by atoms with Crippen molar-refractivity contribution in [3.05, 3.63) is 87.4 Å². The predicted octanol–water partition coefficient (Wildman–Crippen LogP) is 3.84. The van der Waals surface area contributed by atoms with Crippen LogP contribution < -0.4 is 15.7 Å². The van der Waals surface area contributed by atoms with Gasteiger partial charge in [0.1, 0.15) is 17.9 Å². The van der Waals surface area contributed by atoms with E-state index in [4.69, 9.17) is 13.9 Å². The van der Waals surface area contributed by atoms with Gasteiger partial charge in [0.15, 0.2) is 0 Å². The minimum Gasteiger partial charge on any atom is -0.487 e. The molecular formula is C26H24N2O6. The van der Waals surface area contributed by atoms with Gasteiger partial charge in [-0.05, 0) is 43.0 Å². The molecule has 1 saturated carbocycles. The third kappa shape index (κ3) is 4.03. The van der Waals surface area contributed by atoms with Crippen LogP contribution in [0.5, 0.6) is 5.75 Å². The molecular weight excluding hydrogens is 436 g/mol. The van der Waals surface area contributed by atoms with Crippen LogP contribution in [0.2, 0.25) is 0 Å². The third-order valence-electron chi connectivity index (χ3n) is 6.13. The van der Waals surface area contributed by atoms with Crippen LogP contribution >= 0.6 is 0 Å². The van der Waals surface area contributed by atoms with Gasteiger partial charge in [0, 0.05) is 23.6 Å². The van der Waals surface area contributed by atoms with E-state index in [0.29, 0.717) is 22.6 Å². The summed E-state index contributed by atoms with van der Waals surface area (Å²) in [7, 11) is 1.32. The minimum absolute atomic E-state index is 0.00672. The summed E-state index contributed by atoms with van der Waals surface area (Å²) in [6.45, 7) is 1.81. The second-order valence-corrected chi connectivity index (χ2v) is 8.44. The van der Waals surface area contributed by atoms with E-state index in [1.54, 1.807) is 17.0 Å². The number of nitrogens with one attached hydrogen (secondary N) is 1. The van der Waals surface area contributed by atoms with Gasteiger partial charge in [-0.1, -0.05) is 30.3 Å². The Morgan fingerprint density at radius 2 is 1.88 bits per heavy atom. The first-order valence-electron chi connectivity index (χ1n) is 11.1. The van der Waals surface area contributed by atoms with Crippen LogP contribution in [0.4, 0.5) is 4.79 Å². The highest BCUT2D eigenvalue weighted by Gasteiger charge is 2.44. The first-order chi connectivity index (χ1) is 16.5. The molecule has 0 saturated heterocycles. The highest BCUT2D eigenvalue weighted by Crippen LogP contribution is 2.38. The van der Waals surface area contributed by atoms with E-state index in [2.05, 4.69) is 5.32 Å². The summed E-state index contributed by atoms with van der Waals surface area (Å²) in [6, 6.07) is 15.0. The summed E-state index contributed by atoms with van der Waals surface area (Å²) in [6.07, 6.45) is 1.70. The normalized spacial score (nSPS) is 18.1.